The summed E-state index contributed by atoms with van der Waals surface area (Å²) >= 11 is 0. The minimum atomic E-state index is -0.475. The molecule has 2 rings (SSSR count). The second-order valence-corrected chi connectivity index (χ2v) is 5.19. The first-order valence-corrected chi connectivity index (χ1v) is 7.70. The fourth-order valence-corrected chi connectivity index (χ4v) is 2.42. The first-order valence-electron chi connectivity index (χ1n) is 7.70. The number of amides is 1. The van der Waals surface area contributed by atoms with E-state index in [2.05, 4.69) is 6.58 Å². The van der Waals surface area contributed by atoms with E-state index in [0.717, 1.165) is 5.56 Å². The number of para-hydroxylation sites is 1. The van der Waals surface area contributed by atoms with E-state index < -0.39 is 5.91 Å². The maximum Gasteiger partial charge on any atom is 0.261 e. The Bertz CT molecular complexity index is 707. The highest BCUT2D eigenvalue weighted by Crippen LogP contribution is 2.29. The molecule has 2 aromatic carbocycles. The molecule has 5 heteroatoms. The normalized spacial score (nSPS) is 10.2. The van der Waals surface area contributed by atoms with Crippen molar-refractivity contribution in [3.05, 3.63) is 66.2 Å². The predicted octanol–water partition coefficient (Wildman–Crippen LogP) is 3.32. The van der Waals surface area contributed by atoms with Crippen molar-refractivity contribution in [2.24, 2.45) is 0 Å². The smallest absolute Gasteiger partial charge is 0.261 e. The van der Waals surface area contributed by atoms with Crippen LogP contribution in [0.15, 0.2) is 55.1 Å². The summed E-state index contributed by atoms with van der Waals surface area (Å²) in [6.07, 6.45) is 1.60. The lowest BCUT2D eigenvalue weighted by atomic mass is 10.1. The molecule has 0 unspecified atom stereocenters. The zero-order valence-corrected chi connectivity index (χ0v) is 13.6. The van der Waals surface area contributed by atoms with E-state index >= 15 is 0 Å². The minimum absolute atomic E-state index is 0.117. The van der Waals surface area contributed by atoms with E-state index in [9.17, 15) is 15.0 Å². The fraction of sp³-hybridized carbons (Fsp3) is 0.211. The number of hydrogen-bond donors (Lipinski definition) is 2. The average Bonchev–Trinajstić information content (AvgIpc) is 2.56. The Morgan fingerprint density at radius 3 is 2.46 bits per heavy atom. The Morgan fingerprint density at radius 1 is 1.17 bits per heavy atom. The van der Waals surface area contributed by atoms with Gasteiger partial charge in [0.05, 0.1) is 6.61 Å². The molecule has 0 saturated heterocycles. The monoisotopic (exact) mass is 327 g/mol. The van der Waals surface area contributed by atoms with Gasteiger partial charge in [0.15, 0.2) is 0 Å². The molecular weight excluding hydrogens is 306 g/mol. The Morgan fingerprint density at radius 2 is 1.83 bits per heavy atom. The highest BCUT2D eigenvalue weighted by atomic mass is 16.5. The van der Waals surface area contributed by atoms with E-state index in [-0.39, 0.29) is 30.2 Å². The SMILES string of the molecule is C=CCN(Cc1ccccc1OCC)C(=O)c1c(O)cccc1O. The molecular formula is C19H21NO4. The molecule has 126 valence electrons. The molecule has 0 fully saturated rings. The molecule has 0 aliphatic carbocycles. The van der Waals surface area contributed by atoms with Gasteiger partial charge < -0.3 is 19.8 Å². The van der Waals surface area contributed by atoms with Crippen molar-refractivity contribution >= 4 is 5.91 Å². The topological polar surface area (TPSA) is 70.0 Å². The number of rotatable bonds is 7. The summed E-state index contributed by atoms with van der Waals surface area (Å²) in [6.45, 7) is 6.63. The molecule has 0 radical (unpaired) electrons. The Labute approximate surface area is 141 Å². The average molecular weight is 327 g/mol. The number of hydrogen-bond acceptors (Lipinski definition) is 4. The number of carbonyl (C=O) groups is 1. The maximum absolute atomic E-state index is 12.8. The van der Waals surface area contributed by atoms with Crippen LogP contribution in [-0.4, -0.2) is 34.2 Å². The van der Waals surface area contributed by atoms with Gasteiger partial charge in [0.25, 0.3) is 5.91 Å². The number of aromatic hydroxyl groups is 2. The third-order valence-electron chi connectivity index (χ3n) is 3.50. The van der Waals surface area contributed by atoms with Crippen LogP contribution >= 0.6 is 0 Å². The van der Waals surface area contributed by atoms with Crippen LogP contribution in [0.1, 0.15) is 22.8 Å². The summed E-state index contributed by atoms with van der Waals surface area (Å²) < 4.78 is 5.59. The zero-order chi connectivity index (χ0) is 17.5. The van der Waals surface area contributed by atoms with E-state index in [4.69, 9.17) is 4.74 Å². The first-order chi connectivity index (χ1) is 11.6. The van der Waals surface area contributed by atoms with Crippen molar-refractivity contribution in [3.63, 3.8) is 0 Å². The van der Waals surface area contributed by atoms with Crippen molar-refractivity contribution in [3.8, 4) is 17.2 Å². The fourth-order valence-electron chi connectivity index (χ4n) is 2.42. The van der Waals surface area contributed by atoms with Crippen molar-refractivity contribution in [1.29, 1.82) is 0 Å². The summed E-state index contributed by atoms with van der Waals surface area (Å²) in [7, 11) is 0. The number of phenolic OH excluding ortho intramolecular Hbond substituents is 2. The number of nitrogens with zero attached hydrogens (tertiary/aromatic N) is 1. The van der Waals surface area contributed by atoms with Crippen molar-refractivity contribution in [2.45, 2.75) is 13.5 Å². The van der Waals surface area contributed by atoms with Crippen LogP contribution in [0, 0.1) is 0 Å². The predicted molar refractivity (Wildman–Crippen MR) is 92.3 cm³/mol. The van der Waals surface area contributed by atoms with Crippen molar-refractivity contribution < 1.29 is 19.7 Å². The summed E-state index contributed by atoms with van der Waals surface area (Å²) in [5.74, 6) is -0.292. The lowest BCUT2D eigenvalue weighted by Gasteiger charge is -2.23. The number of phenols is 2. The second kappa shape index (κ2) is 8.06. The molecule has 1 amide bonds. The van der Waals surface area contributed by atoms with Gasteiger partial charge in [-0.3, -0.25) is 4.79 Å². The molecule has 24 heavy (non-hydrogen) atoms. The zero-order valence-electron chi connectivity index (χ0n) is 13.6. The standard InChI is InChI=1S/C19H21NO4/c1-3-12-20(13-14-8-5-6-11-17(14)24-4-2)19(23)18-15(21)9-7-10-16(18)22/h3,5-11,21-22H,1,4,12-13H2,2H3. The molecule has 0 saturated carbocycles. The molecule has 0 bridgehead atoms. The van der Waals surface area contributed by atoms with Gasteiger partial charge in [-0.25, -0.2) is 0 Å². The molecule has 0 heterocycles. The Hall–Kier alpha value is -2.95. The van der Waals surface area contributed by atoms with Gasteiger partial charge in [-0.1, -0.05) is 30.3 Å². The van der Waals surface area contributed by atoms with Gasteiger partial charge in [0, 0.05) is 18.7 Å². The van der Waals surface area contributed by atoms with Crippen LogP contribution in [0.3, 0.4) is 0 Å². The molecule has 0 aliphatic heterocycles. The van der Waals surface area contributed by atoms with E-state index in [1.165, 1.54) is 23.1 Å². The number of ether oxygens (including phenoxy) is 1. The van der Waals surface area contributed by atoms with Crippen LogP contribution in [0.25, 0.3) is 0 Å². The molecule has 0 atom stereocenters. The maximum atomic E-state index is 12.8. The van der Waals surface area contributed by atoms with Crippen LogP contribution in [-0.2, 0) is 6.54 Å². The van der Waals surface area contributed by atoms with Crippen LogP contribution in [0.4, 0.5) is 0 Å². The summed E-state index contributed by atoms with van der Waals surface area (Å²) in [4.78, 5) is 14.3. The van der Waals surface area contributed by atoms with Crippen LogP contribution in [0.5, 0.6) is 17.2 Å². The quantitative estimate of drug-likeness (QED) is 0.765. The highest BCUT2D eigenvalue weighted by molar-refractivity contribution is 5.99. The lowest BCUT2D eigenvalue weighted by molar-refractivity contribution is 0.0755. The molecule has 0 aromatic heterocycles. The van der Waals surface area contributed by atoms with Crippen molar-refractivity contribution in [1.82, 2.24) is 4.90 Å². The van der Waals surface area contributed by atoms with Gasteiger partial charge >= 0.3 is 0 Å². The van der Waals surface area contributed by atoms with E-state index in [1.807, 2.05) is 31.2 Å². The third kappa shape index (κ3) is 3.87. The first kappa shape index (κ1) is 17.4. The lowest BCUT2D eigenvalue weighted by Crippen LogP contribution is -2.31. The largest absolute Gasteiger partial charge is 0.507 e. The summed E-state index contributed by atoms with van der Waals surface area (Å²) in [5.41, 5.74) is 0.720. The molecule has 2 aromatic rings. The van der Waals surface area contributed by atoms with E-state index in [1.54, 1.807) is 6.08 Å². The van der Waals surface area contributed by atoms with Crippen LogP contribution in [0.2, 0.25) is 0 Å². The van der Waals surface area contributed by atoms with Crippen LogP contribution < -0.4 is 4.74 Å². The Kier molecular flexibility index (Phi) is 5.84. The summed E-state index contributed by atoms with van der Waals surface area (Å²) in [6, 6.07) is 11.7. The summed E-state index contributed by atoms with van der Waals surface area (Å²) in [5, 5.41) is 19.9. The minimum Gasteiger partial charge on any atom is -0.507 e. The highest BCUT2D eigenvalue weighted by Gasteiger charge is 2.22. The molecule has 2 N–H and O–H groups in total. The Balaban J connectivity index is 2.33. The second-order valence-electron chi connectivity index (χ2n) is 5.19. The van der Waals surface area contributed by atoms with Gasteiger partial charge in [-0.2, -0.15) is 0 Å². The van der Waals surface area contributed by atoms with Crippen molar-refractivity contribution in [2.75, 3.05) is 13.2 Å². The van der Waals surface area contributed by atoms with E-state index in [0.29, 0.717) is 12.4 Å². The van der Waals surface area contributed by atoms with Gasteiger partial charge in [-0.15, -0.1) is 6.58 Å². The molecule has 0 aliphatic rings. The number of benzene rings is 2. The van der Waals surface area contributed by atoms with Gasteiger partial charge in [0.1, 0.15) is 22.8 Å². The number of carbonyl (C=O) groups excluding carboxylic acids is 1. The molecule has 0 spiro atoms. The van der Waals surface area contributed by atoms with Gasteiger partial charge in [0.2, 0.25) is 0 Å². The van der Waals surface area contributed by atoms with Gasteiger partial charge in [-0.05, 0) is 25.1 Å². The molecule has 5 nitrogen and oxygen atoms in total. The third-order valence-corrected chi connectivity index (χ3v) is 3.50.